The third-order valence-corrected chi connectivity index (χ3v) is 26.8. The van der Waals surface area contributed by atoms with Gasteiger partial charge in [0.1, 0.15) is 27.6 Å². The van der Waals surface area contributed by atoms with Gasteiger partial charge in [-0.2, -0.15) is 0 Å². The lowest BCUT2D eigenvalue weighted by molar-refractivity contribution is 0.108. The van der Waals surface area contributed by atoms with Gasteiger partial charge in [-0.15, -0.1) is 11.1 Å². The average Bonchev–Trinajstić information content (AvgIpc) is 3.92. The highest BCUT2D eigenvalue weighted by Gasteiger charge is 2.58. The van der Waals surface area contributed by atoms with Gasteiger partial charge in [0.15, 0.2) is 11.2 Å². The molecule has 0 fully saturated rings. The van der Waals surface area contributed by atoms with Crippen molar-refractivity contribution >= 4 is 43.2 Å². The second-order valence-corrected chi connectivity index (χ2v) is 42.0. The Morgan fingerprint density at radius 2 is 0.819 bits per heavy atom. The van der Waals surface area contributed by atoms with Crippen molar-refractivity contribution in [2.24, 2.45) is 0 Å². The number of pyridine rings is 2. The molecule has 4 atom stereocenters. The van der Waals surface area contributed by atoms with Gasteiger partial charge in [0, 0.05) is 47.8 Å². The molecule has 0 spiro atoms. The van der Waals surface area contributed by atoms with Crippen molar-refractivity contribution in [2.45, 2.75) is 140 Å². The minimum absolute atomic E-state index is 0.0299. The largest absolute Gasteiger partial charge is 0.496 e. The fourth-order valence-corrected chi connectivity index (χ4v) is 21.5. The van der Waals surface area contributed by atoms with Gasteiger partial charge in [-0.25, -0.2) is 0 Å². The van der Waals surface area contributed by atoms with Crippen LogP contribution in [0.4, 0.5) is 0 Å². The molecule has 72 heavy (non-hydrogen) atoms. The summed E-state index contributed by atoms with van der Waals surface area (Å²) in [7, 11) is -5.05. The van der Waals surface area contributed by atoms with Crippen LogP contribution in [0.1, 0.15) is 75.2 Å². The summed E-state index contributed by atoms with van der Waals surface area (Å²) in [4.78, 5) is 9.46. The number of hydrogen-bond donors (Lipinski definition) is 0. The van der Waals surface area contributed by atoms with E-state index in [1.807, 2.05) is 60.9 Å². The lowest BCUT2D eigenvalue weighted by Crippen LogP contribution is -2.60. The lowest BCUT2D eigenvalue weighted by atomic mass is 9.89. The van der Waals surface area contributed by atoms with Crippen molar-refractivity contribution in [2.75, 3.05) is 14.2 Å². The van der Waals surface area contributed by atoms with Crippen LogP contribution in [0.25, 0.3) is 0 Å². The fraction of sp³-hybridized carbons (Fsp3) is 0.387. The number of benzene rings is 4. The molecule has 2 aliphatic rings. The van der Waals surface area contributed by atoms with Gasteiger partial charge in [-0.3, -0.25) is 9.97 Å². The second kappa shape index (κ2) is 21.6. The molecular formula is C62H78N2O4Si4. The highest BCUT2D eigenvalue weighted by Crippen LogP contribution is 2.51. The van der Waals surface area contributed by atoms with Crippen LogP contribution < -0.4 is 19.8 Å². The second-order valence-electron chi connectivity index (χ2n) is 23.7. The molecule has 0 N–H and O–H groups in total. The van der Waals surface area contributed by atoms with Crippen LogP contribution in [-0.2, 0) is 45.7 Å². The smallest absolute Gasteiger partial charge is 0.232 e. The highest BCUT2D eigenvalue weighted by molar-refractivity contribution is 6.91. The van der Waals surface area contributed by atoms with Gasteiger partial charge in [-0.05, 0) is 92.9 Å². The molecule has 0 bridgehead atoms. The Labute approximate surface area is 437 Å². The van der Waals surface area contributed by atoms with Crippen molar-refractivity contribution < 1.29 is 18.3 Å². The minimum Gasteiger partial charge on any atom is -0.496 e. The summed E-state index contributed by atoms with van der Waals surface area (Å²) in [6.45, 7) is 27.8. The summed E-state index contributed by atoms with van der Waals surface area (Å²) in [5, 5.41) is 2.76. The predicted octanol–water partition coefficient (Wildman–Crippen LogP) is 13.3. The summed E-state index contributed by atoms with van der Waals surface area (Å²) in [6.07, 6.45) is 6.95. The average molecular weight is 1030 g/mol. The monoisotopic (exact) mass is 1030 g/mol. The molecule has 10 heteroatoms. The van der Waals surface area contributed by atoms with E-state index in [0.29, 0.717) is 12.8 Å². The zero-order valence-corrected chi connectivity index (χ0v) is 49.6. The number of methoxy groups -OCH3 is 2. The fourth-order valence-electron chi connectivity index (χ4n) is 10.5. The summed E-state index contributed by atoms with van der Waals surface area (Å²) >= 11 is 0. The first-order valence-electron chi connectivity index (χ1n) is 25.7. The molecule has 0 unspecified atom stereocenters. The zero-order valence-electron chi connectivity index (χ0n) is 45.6. The van der Waals surface area contributed by atoms with Crippen molar-refractivity contribution in [3.63, 3.8) is 0 Å². The summed E-state index contributed by atoms with van der Waals surface area (Å²) in [5.41, 5.74) is 12.4. The Morgan fingerprint density at radius 3 is 1.15 bits per heavy atom. The minimum atomic E-state index is -2.53. The van der Waals surface area contributed by atoms with Crippen molar-refractivity contribution in [3.8, 4) is 34.4 Å². The first-order chi connectivity index (χ1) is 34.0. The molecule has 4 aromatic carbocycles. The van der Waals surface area contributed by atoms with E-state index in [4.69, 9.17) is 28.3 Å². The highest BCUT2D eigenvalue weighted by atomic mass is 28.4. The molecule has 0 amide bonds. The van der Waals surface area contributed by atoms with Crippen LogP contribution in [0.5, 0.6) is 11.5 Å². The molecule has 0 saturated carbocycles. The number of nitrogens with zero attached hydrogens (tertiary/aromatic N) is 2. The Kier molecular flexibility index (Phi) is 16.4. The first-order valence-corrected chi connectivity index (χ1v) is 37.0. The van der Waals surface area contributed by atoms with Gasteiger partial charge >= 0.3 is 0 Å². The first kappa shape index (κ1) is 54.5. The molecule has 2 aromatic heterocycles. The number of hydrogen-bond acceptors (Lipinski definition) is 6. The van der Waals surface area contributed by atoms with Gasteiger partial charge in [0.05, 0.1) is 14.2 Å². The zero-order chi connectivity index (χ0) is 52.1. The van der Waals surface area contributed by atoms with Gasteiger partial charge in [-0.1, -0.05) is 190 Å². The molecule has 376 valence electrons. The standard InChI is InChI=1S/2C31H39NO2Si2/c2*1-30(2,3)36(22-19-25-14-8-11-18-29(25)36)34-31(20-23-35(5,6)7,24-26-15-12-13-21-32-26)27-16-9-10-17-28(27)33-4/h2*8-18,21H,19,22,24H2,1-7H3/t2*31-,36-/m10/s1. The number of ether oxygens (including phenoxy) is 2. The van der Waals surface area contributed by atoms with Crippen LogP contribution in [0, 0.1) is 22.9 Å². The maximum Gasteiger partial charge on any atom is 0.232 e. The Morgan fingerprint density at radius 1 is 0.472 bits per heavy atom. The Bertz CT molecular complexity index is 2730. The lowest BCUT2D eigenvalue weighted by Gasteiger charge is -2.46. The topological polar surface area (TPSA) is 62.7 Å². The van der Waals surface area contributed by atoms with Crippen LogP contribution in [0.15, 0.2) is 146 Å². The van der Waals surface area contributed by atoms with E-state index in [9.17, 15) is 0 Å². The van der Waals surface area contributed by atoms with E-state index in [-0.39, 0.29) is 10.1 Å². The summed E-state index contributed by atoms with van der Waals surface area (Å²) < 4.78 is 27.4. The van der Waals surface area contributed by atoms with E-state index in [1.54, 1.807) is 14.2 Å². The molecule has 6 aromatic rings. The number of fused-ring (bicyclic) bond motifs is 2. The van der Waals surface area contributed by atoms with Crippen molar-refractivity contribution in [1.82, 2.24) is 9.97 Å². The van der Waals surface area contributed by atoms with Gasteiger partial charge in [0.25, 0.3) is 0 Å². The number of rotatable bonds is 12. The number of aromatic nitrogens is 2. The molecule has 6 nitrogen and oxygen atoms in total. The quantitative estimate of drug-likeness (QED) is 0.0899. The molecule has 8 rings (SSSR count). The molecule has 0 aliphatic carbocycles. The van der Waals surface area contributed by atoms with Crippen LogP contribution in [-0.4, -0.2) is 57.0 Å². The molecule has 0 saturated heterocycles. The molecule has 0 radical (unpaired) electrons. The normalized spacial score (nSPS) is 19.1. The van der Waals surface area contributed by atoms with Crippen LogP contribution in [0.2, 0.25) is 61.4 Å². The van der Waals surface area contributed by atoms with Crippen molar-refractivity contribution in [3.05, 3.63) is 179 Å². The SMILES string of the molecule is COc1ccccc1[C@@](C#C[Si](C)(C)C)(Cc1ccccn1)O[Si@]1(C(C)(C)C)CCc2ccccc21.COc1ccccc1[C@](C#C[Si](C)(C)C)(Cc1ccccn1)O[Si@@]1(C(C)(C)C)CCc2ccccc21. The summed E-state index contributed by atoms with van der Waals surface area (Å²) in [5.74, 6) is 9.16. The van der Waals surface area contributed by atoms with E-state index in [1.165, 1.54) is 21.5 Å². The van der Waals surface area contributed by atoms with E-state index in [2.05, 4.69) is 189 Å². The van der Waals surface area contributed by atoms with Gasteiger partial charge in [0.2, 0.25) is 16.6 Å². The maximum absolute atomic E-state index is 7.77. The summed E-state index contributed by atoms with van der Waals surface area (Å²) in [6, 6.07) is 48.5. The maximum atomic E-state index is 7.77. The van der Waals surface area contributed by atoms with E-state index >= 15 is 0 Å². The third kappa shape index (κ3) is 11.9. The molecule has 4 heterocycles. The predicted molar refractivity (Wildman–Crippen MR) is 310 cm³/mol. The van der Waals surface area contributed by atoms with Crippen LogP contribution in [0.3, 0.4) is 0 Å². The van der Waals surface area contributed by atoms with Gasteiger partial charge < -0.3 is 18.3 Å². The third-order valence-electron chi connectivity index (χ3n) is 14.2. The Balaban J connectivity index is 0.000000211. The molecule has 2 aliphatic heterocycles. The van der Waals surface area contributed by atoms with Crippen LogP contribution >= 0.6 is 0 Å². The number of aryl methyl sites for hydroxylation is 2. The molecular weight excluding hydrogens is 949 g/mol. The van der Waals surface area contributed by atoms with Crippen molar-refractivity contribution in [1.29, 1.82) is 0 Å². The van der Waals surface area contributed by atoms with E-state index in [0.717, 1.165) is 58.9 Å². The number of para-hydroxylation sites is 2. The van der Waals surface area contributed by atoms with E-state index < -0.39 is 44.0 Å². The Hall–Kier alpha value is -5.31.